The second kappa shape index (κ2) is 4.80. The summed E-state index contributed by atoms with van der Waals surface area (Å²) in [4.78, 5) is 8.38. The number of hydrogen-bond acceptors (Lipinski definition) is 5. The molecule has 2 heterocycles. The van der Waals surface area contributed by atoms with Gasteiger partial charge in [-0.2, -0.15) is 0 Å². The molecule has 0 saturated heterocycles. The molecule has 0 saturated carbocycles. The Bertz CT molecular complexity index is 438. The summed E-state index contributed by atoms with van der Waals surface area (Å²) in [5.41, 5.74) is 1.84. The number of rotatable bonds is 4. The molecule has 84 valence electrons. The molecule has 0 fully saturated rings. The molecule has 0 aromatic carbocycles. The van der Waals surface area contributed by atoms with Crippen molar-refractivity contribution in [1.82, 2.24) is 30.3 Å². The van der Waals surface area contributed by atoms with Crippen molar-refractivity contribution in [1.29, 1.82) is 0 Å². The van der Waals surface area contributed by atoms with Gasteiger partial charge in [-0.3, -0.25) is 14.6 Å². The number of nitrogens with zero attached hydrogens (tertiary/aromatic N) is 5. The molecule has 2 aromatic heterocycles. The quantitative estimate of drug-likeness (QED) is 0.799. The van der Waals surface area contributed by atoms with Gasteiger partial charge in [0, 0.05) is 19.4 Å². The lowest BCUT2D eigenvalue weighted by atomic mass is 10.1. The van der Waals surface area contributed by atoms with Crippen molar-refractivity contribution in [3.05, 3.63) is 36.2 Å². The summed E-state index contributed by atoms with van der Waals surface area (Å²) < 4.78 is 1.74. The summed E-state index contributed by atoms with van der Waals surface area (Å²) in [7, 11) is 1.86. The van der Waals surface area contributed by atoms with Crippen molar-refractivity contribution in [2.45, 2.75) is 13.0 Å². The Kier molecular flexibility index (Phi) is 3.21. The summed E-state index contributed by atoms with van der Waals surface area (Å²) >= 11 is 0. The largest absolute Gasteiger partial charge is 0.304 e. The maximum atomic E-state index is 4.30. The highest BCUT2D eigenvalue weighted by atomic mass is 15.4. The molecular formula is C10H14N6. The molecule has 0 radical (unpaired) electrons. The molecule has 0 aliphatic rings. The fraction of sp³-hybridized carbons (Fsp3) is 0.400. The second-order valence-electron chi connectivity index (χ2n) is 3.40. The van der Waals surface area contributed by atoms with Crippen LogP contribution in [-0.4, -0.2) is 31.5 Å². The Morgan fingerprint density at radius 2 is 2.25 bits per heavy atom. The predicted octanol–water partition coefficient (Wildman–Crippen LogP) is 0.304. The summed E-state index contributed by atoms with van der Waals surface area (Å²) in [6.45, 7) is 2.89. The summed E-state index contributed by atoms with van der Waals surface area (Å²) in [6, 6.07) is -0.0151. The van der Waals surface area contributed by atoms with Crippen molar-refractivity contribution in [3.63, 3.8) is 0 Å². The Morgan fingerprint density at radius 1 is 1.38 bits per heavy atom. The molecule has 0 aliphatic heterocycles. The molecule has 1 atom stereocenters. The van der Waals surface area contributed by atoms with E-state index in [1.165, 1.54) is 0 Å². The van der Waals surface area contributed by atoms with Crippen LogP contribution in [0.1, 0.15) is 24.4 Å². The minimum absolute atomic E-state index is 0.0151. The molecule has 0 bridgehead atoms. The van der Waals surface area contributed by atoms with E-state index in [4.69, 9.17) is 0 Å². The molecule has 6 heteroatoms. The molecule has 1 unspecified atom stereocenters. The first-order valence-electron chi connectivity index (χ1n) is 5.16. The van der Waals surface area contributed by atoms with E-state index in [1.54, 1.807) is 29.5 Å². The average Bonchev–Trinajstić information content (AvgIpc) is 2.73. The Hall–Kier alpha value is -1.82. The first kappa shape index (κ1) is 10.7. The van der Waals surface area contributed by atoms with Gasteiger partial charge in [0.15, 0.2) is 0 Å². The van der Waals surface area contributed by atoms with E-state index in [0.717, 1.165) is 17.9 Å². The van der Waals surface area contributed by atoms with Gasteiger partial charge in [-0.1, -0.05) is 12.1 Å². The van der Waals surface area contributed by atoms with Gasteiger partial charge in [0.05, 0.1) is 29.8 Å². The van der Waals surface area contributed by atoms with E-state index in [9.17, 15) is 0 Å². The van der Waals surface area contributed by atoms with Crippen molar-refractivity contribution in [2.75, 3.05) is 6.54 Å². The van der Waals surface area contributed by atoms with Gasteiger partial charge in [-0.05, 0) is 6.54 Å². The van der Waals surface area contributed by atoms with Gasteiger partial charge in [0.25, 0.3) is 0 Å². The van der Waals surface area contributed by atoms with Gasteiger partial charge in [0.2, 0.25) is 0 Å². The lowest BCUT2D eigenvalue weighted by Gasteiger charge is -2.16. The standard InChI is InChI=1S/C10H14N6/c1-3-12-10(8-6-11-4-5-13-8)9-7-14-15-16(9)2/h4-7,10,12H,3H2,1-2H3. The number of hydrogen-bond donors (Lipinski definition) is 1. The third-order valence-electron chi connectivity index (χ3n) is 2.33. The SMILES string of the molecule is CCNC(c1cnccn1)c1cnnn1C. The van der Waals surface area contributed by atoms with Crippen molar-refractivity contribution < 1.29 is 0 Å². The smallest absolute Gasteiger partial charge is 0.0953 e. The predicted molar refractivity (Wildman–Crippen MR) is 58.6 cm³/mol. The molecule has 16 heavy (non-hydrogen) atoms. The summed E-state index contributed by atoms with van der Waals surface area (Å²) in [5, 5.41) is 11.1. The van der Waals surface area contributed by atoms with Crippen LogP contribution in [-0.2, 0) is 7.05 Å². The third-order valence-corrected chi connectivity index (χ3v) is 2.33. The van der Waals surface area contributed by atoms with Crippen molar-refractivity contribution in [3.8, 4) is 0 Å². The van der Waals surface area contributed by atoms with Crippen LogP contribution in [0.4, 0.5) is 0 Å². The van der Waals surface area contributed by atoms with Crippen LogP contribution in [0.25, 0.3) is 0 Å². The Labute approximate surface area is 93.7 Å². The van der Waals surface area contributed by atoms with Crippen LogP contribution in [0.3, 0.4) is 0 Å². The molecule has 2 rings (SSSR count). The van der Waals surface area contributed by atoms with Gasteiger partial charge in [-0.15, -0.1) is 5.10 Å². The van der Waals surface area contributed by atoms with Crippen LogP contribution >= 0.6 is 0 Å². The lowest BCUT2D eigenvalue weighted by molar-refractivity contribution is 0.556. The Balaban J connectivity index is 2.35. The molecule has 2 aromatic rings. The van der Waals surface area contributed by atoms with Crippen LogP contribution in [0.15, 0.2) is 24.8 Å². The number of nitrogens with one attached hydrogen (secondary N) is 1. The van der Waals surface area contributed by atoms with E-state index in [0.29, 0.717) is 0 Å². The molecular weight excluding hydrogens is 204 g/mol. The molecule has 6 nitrogen and oxygen atoms in total. The van der Waals surface area contributed by atoms with Crippen molar-refractivity contribution >= 4 is 0 Å². The molecule has 0 spiro atoms. The van der Waals surface area contributed by atoms with Crippen LogP contribution in [0.2, 0.25) is 0 Å². The maximum absolute atomic E-state index is 4.30. The summed E-state index contributed by atoms with van der Waals surface area (Å²) in [6.07, 6.45) is 6.83. The minimum Gasteiger partial charge on any atom is -0.304 e. The van der Waals surface area contributed by atoms with Gasteiger partial charge in [-0.25, -0.2) is 0 Å². The summed E-state index contributed by atoms with van der Waals surface area (Å²) in [5.74, 6) is 0. The average molecular weight is 218 g/mol. The van der Waals surface area contributed by atoms with Crippen LogP contribution < -0.4 is 5.32 Å². The minimum atomic E-state index is -0.0151. The van der Waals surface area contributed by atoms with E-state index in [2.05, 4.69) is 25.6 Å². The zero-order chi connectivity index (χ0) is 11.4. The molecule has 0 amide bonds. The molecule has 0 aliphatic carbocycles. The van der Waals surface area contributed by atoms with Crippen LogP contribution in [0, 0.1) is 0 Å². The zero-order valence-corrected chi connectivity index (χ0v) is 9.33. The Morgan fingerprint density at radius 3 is 2.81 bits per heavy atom. The number of aryl methyl sites for hydroxylation is 1. The first-order valence-corrected chi connectivity index (χ1v) is 5.16. The van der Waals surface area contributed by atoms with E-state index < -0.39 is 0 Å². The van der Waals surface area contributed by atoms with E-state index in [-0.39, 0.29) is 6.04 Å². The van der Waals surface area contributed by atoms with E-state index in [1.807, 2.05) is 14.0 Å². The highest BCUT2D eigenvalue weighted by molar-refractivity contribution is 5.17. The topological polar surface area (TPSA) is 68.5 Å². The highest BCUT2D eigenvalue weighted by Crippen LogP contribution is 2.17. The van der Waals surface area contributed by atoms with Crippen molar-refractivity contribution in [2.24, 2.45) is 7.05 Å². The normalized spacial score (nSPS) is 12.6. The van der Waals surface area contributed by atoms with E-state index >= 15 is 0 Å². The van der Waals surface area contributed by atoms with Gasteiger partial charge < -0.3 is 5.32 Å². The number of aromatic nitrogens is 5. The molecule has 1 N–H and O–H groups in total. The van der Waals surface area contributed by atoms with Gasteiger partial charge >= 0.3 is 0 Å². The fourth-order valence-corrected chi connectivity index (χ4v) is 1.58. The maximum Gasteiger partial charge on any atom is 0.0953 e. The monoisotopic (exact) mass is 218 g/mol. The zero-order valence-electron chi connectivity index (χ0n) is 9.33. The highest BCUT2D eigenvalue weighted by Gasteiger charge is 2.18. The third kappa shape index (κ3) is 2.06. The lowest BCUT2D eigenvalue weighted by Crippen LogP contribution is -2.25. The van der Waals surface area contributed by atoms with Gasteiger partial charge in [0.1, 0.15) is 0 Å². The fourth-order valence-electron chi connectivity index (χ4n) is 1.58. The second-order valence-corrected chi connectivity index (χ2v) is 3.40. The van der Waals surface area contributed by atoms with Crippen LogP contribution in [0.5, 0.6) is 0 Å². The first-order chi connectivity index (χ1) is 7.83.